The molecular formula is C26H21N5O2. The van der Waals surface area contributed by atoms with Gasteiger partial charge in [0, 0.05) is 23.9 Å². The third kappa shape index (κ3) is 4.65. The summed E-state index contributed by atoms with van der Waals surface area (Å²) in [6.07, 6.45) is 5.52. The maximum atomic E-state index is 13.6. The number of nitrogens with zero attached hydrogens (tertiary/aromatic N) is 4. The summed E-state index contributed by atoms with van der Waals surface area (Å²) in [5, 5.41) is 7.07. The van der Waals surface area contributed by atoms with Gasteiger partial charge in [0.1, 0.15) is 6.54 Å². The molecule has 4 aromatic rings. The molecule has 0 bridgehead atoms. The number of terminal acetylenes is 1. The molecule has 0 atom stereocenters. The quantitative estimate of drug-likeness (QED) is 0.471. The van der Waals surface area contributed by atoms with Crippen LogP contribution in [0.5, 0.6) is 0 Å². The fourth-order valence-electron chi connectivity index (χ4n) is 3.31. The topological polar surface area (TPSA) is 80.1 Å². The molecule has 0 fully saturated rings. The van der Waals surface area contributed by atoms with E-state index < -0.39 is 5.91 Å². The molecule has 0 unspecified atom stereocenters. The number of nitrogens with one attached hydrogen (secondary N) is 1. The minimum atomic E-state index is -0.514. The number of hydrogen-bond donors (Lipinski definition) is 1. The molecule has 33 heavy (non-hydrogen) atoms. The first-order valence-electron chi connectivity index (χ1n) is 10.3. The van der Waals surface area contributed by atoms with Gasteiger partial charge in [-0.05, 0) is 30.3 Å². The summed E-state index contributed by atoms with van der Waals surface area (Å²) < 4.78 is 1.62. The average molecular weight is 435 g/mol. The lowest BCUT2D eigenvalue weighted by atomic mass is 10.2. The molecule has 0 saturated carbocycles. The van der Waals surface area contributed by atoms with Gasteiger partial charge in [-0.3, -0.25) is 14.5 Å². The van der Waals surface area contributed by atoms with Crippen molar-refractivity contribution in [3.05, 3.63) is 96.3 Å². The van der Waals surface area contributed by atoms with Crippen LogP contribution in [0.1, 0.15) is 16.2 Å². The fourth-order valence-corrected chi connectivity index (χ4v) is 3.31. The largest absolute Gasteiger partial charge is 0.358 e. The summed E-state index contributed by atoms with van der Waals surface area (Å²) >= 11 is 0. The van der Waals surface area contributed by atoms with Gasteiger partial charge in [-0.1, -0.05) is 60.5 Å². The Morgan fingerprint density at radius 1 is 1.00 bits per heavy atom. The van der Waals surface area contributed by atoms with E-state index in [4.69, 9.17) is 6.42 Å². The van der Waals surface area contributed by atoms with Crippen LogP contribution in [-0.2, 0) is 4.79 Å². The van der Waals surface area contributed by atoms with E-state index in [-0.39, 0.29) is 18.3 Å². The SMILES string of the molecule is C#Cc1cccc(N(CC(=O)NC)C(=O)c2nc(-c3ccccc3)n(-c3ccccc3)n2)c1. The summed E-state index contributed by atoms with van der Waals surface area (Å²) in [6, 6.07) is 25.8. The predicted molar refractivity (Wildman–Crippen MR) is 127 cm³/mol. The maximum Gasteiger partial charge on any atom is 0.298 e. The number of rotatable bonds is 6. The molecule has 7 nitrogen and oxygen atoms in total. The molecule has 2 amide bonds. The number of carbonyl (C=O) groups is 2. The molecule has 0 aliphatic carbocycles. The van der Waals surface area contributed by atoms with Crippen molar-refractivity contribution in [2.45, 2.75) is 0 Å². The molecule has 7 heteroatoms. The Kier molecular flexibility index (Phi) is 6.28. The smallest absolute Gasteiger partial charge is 0.298 e. The molecule has 162 valence electrons. The summed E-state index contributed by atoms with van der Waals surface area (Å²) in [7, 11) is 1.51. The molecule has 0 radical (unpaired) electrons. The Hall–Kier alpha value is -4.70. The number of likely N-dealkylation sites (N-methyl/N-ethyl adjacent to an activating group) is 1. The van der Waals surface area contributed by atoms with E-state index in [9.17, 15) is 9.59 Å². The highest BCUT2D eigenvalue weighted by molar-refractivity contribution is 6.06. The molecule has 1 heterocycles. The van der Waals surface area contributed by atoms with E-state index in [1.807, 2.05) is 60.7 Å². The van der Waals surface area contributed by atoms with Crippen molar-refractivity contribution in [3.63, 3.8) is 0 Å². The second-order valence-corrected chi connectivity index (χ2v) is 7.13. The van der Waals surface area contributed by atoms with Crippen molar-refractivity contribution < 1.29 is 9.59 Å². The van der Waals surface area contributed by atoms with Gasteiger partial charge in [-0.15, -0.1) is 11.5 Å². The maximum absolute atomic E-state index is 13.6. The Labute approximate surface area is 191 Å². The normalized spacial score (nSPS) is 10.3. The van der Waals surface area contributed by atoms with Crippen molar-refractivity contribution in [2.24, 2.45) is 0 Å². The highest BCUT2D eigenvalue weighted by Crippen LogP contribution is 2.23. The highest BCUT2D eigenvalue weighted by atomic mass is 16.2. The van der Waals surface area contributed by atoms with Crippen LogP contribution in [0.15, 0.2) is 84.9 Å². The molecule has 1 aromatic heterocycles. The van der Waals surface area contributed by atoms with Crippen LogP contribution in [0.25, 0.3) is 17.1 Å². The standard InChI is InChI=1S/C26H21N5O2/c1-3-19-11-10-16-22(17-19)30(18-23(32)27-2)26(33)24-28-25(20-12-6-4-7-13-20)31(29-24)21-14-8-5-9-15-21/h1,4-17H,18H2,2H3,(H,27,32). The molecule has 0 aliphatic heterocycles. The Bertz CT molecular complexity index is 1270. The third-order valence-electron chi connectivity index (χ3n) is 4.98. The van der Waals surface area contributed by atoms with Crippen LogP contribution in [0.4, 0.5) is 5.69 Å². The number of hydrogen-bond acceptors (Lipinski definition) is 4. The summed E-state index contributed by atoms with van der Waals surface area (Å²) in [5.74, 6) is 2.18. The van der Waals surface area contributed by atoms with Crippen molar-refractivity contribution in [1.82, 2.24) is 20.1 Å². The van der Waals surface area contributed by atoms with Crippen LogP contribution < -0.4 is 10.2 Å². The van der Waals surface area contributed by atoms with Gasteiger partial charge in [0.25, 0.3) is 5.91 Å². The van der Waals surface area contributed by atoms with Gasteiger partial charge in [0.15, 0.2) is 5.82 Å². The highest BCUT2D eigenvalue weighted by Gasteiger charge is 2.26. The number of aromatic nitrogens is 3. The first kappa shape index (κ1) is 21.5. The van der Waals surface area contributed by atoms with E-state index in [1.54, 1.807) is 28.9 Å². The molecule has 0 spiro atoms. The zero-order valence-electron chi connectivity index (χ0n) is 18.0. The van der Waals surface area contributed by atoms with E-state index in [2.05, 4.69) is 21.3 Å². The predicted octanol–water partition coefficient (Wildman–Crippen LogP) is 3.31. The lowest BCUT2D eigenvalue weighted by Crippen LogP contribution is -2.40. The van der Waals surface area contributed by atoms with Gasteiger partial charge >= 0.3 is 0 Å². The minimum Gasteiger partial charge on any atom is -0.358 e. The third-order valence-corrected chi connectivity index (χ3v) is 4.98. The second kappa shape index (κ2) is 9.62. The molecule has 1 N–H and O–H groups in total. The van der Waals surface area contributed by atoms with Crippen LogP contribution in [-0.4, -0.2) is 40.2 Å². The number of anilines is 1. The van der Waals surface area contributed by atoms with Crippen molar-refractivity contribution in [1.29, 1.82) is 0 Å². The lowest BCUT2D eigenvalue weighted by Gasteiger charge is -2.20. The van der Waals surface area contributed by atoms with Gasteiger partial charge in [-0.2, -0.15) is 0 Å². The molecule has 0 aliphatic rings. The molecule has 3 aromatic carbocycles. The summed E-state index contributed by atoms with van der Waals surface area (Å²) in [5.41, 5.74) is 2.64. The molecule has 0 saturated heterocycles. The number of para-hydroxylation sites is 1. The first-order chi connectivity index (χ1) is 16.1. The summed E-state index contributed by atoms with van der Waals surface area (Å²) in [6.45, 7) is -0.204. The second-order valence-electron chi connectivity index (χ2n) is 7.13. The van der Waals surface area contributed by atoms with Gasteiger partial charge < -0.3 is 5.32 Å². The van der Waals surface area contributed by atoms with Crippen LogP contribution in [0, 0.1) is 12.3 Å². The van der Waals surface area contributed by atoms with Crippen LogP contribution >= 0.6 is 0 Å². The van der Waals surface area contributed by atoms with E-state index in [0.29, 0.717) is 17.1 Å². The van der Waals surface area contributed by atoms with Crippen LogP contribution in [0.3, 0.4) is 0 Å². The Balaban J connectivity index is 1.82. The van der Waals surface area contributed by atoms with Gasteiger partial charge in [0.2, 0.25) is 11.7 Å². The van der Waals surface area contributed by atoms with Gasteiger partial charge in [0.05, 0.1) is 5.69 Å². The summed E-state index contributed by atoms with van der Waals surface area (Å²) in [4.78, 5) is 31.7. The van der Waals surface area contributed by atoms with Crippen molar-refractivity contribution in [2.75, 3.05) is 18.5 Å². The molecular weight excluding hydrogens is 414 g/mol. The van der Waals surface area contributed by atoms with Crippen LogP contribution in [0.2, 0.25) is 0 Å². The zero-order valence-corrected chi connectivity index (χ0v) is 18.0. The first-order valence-corrected chi connectivity index (χ1v) is 10.3. The number of carbonyl (C=O) groups excluding carboxylic acids is 2. The Morgan fingerprint density at radius 3 is 2.36 bits per heavy atom. The van der Waals surface area contributed by atoms with E-state index in [0.717, 1.165) is 11.3 Å². The minimum absolute atomic E-state index is 0.0345. The van der Waals surface area contributed by atoms with Crippen molar-refractivity contribution in [3.8, 4) is 29.4 Å². The Morgan fingerprint density at radius 2 is 1.70 bits per heavy atom. The monoisotopic (exact) mass is 435 g/mol. The van der Waals surface area contributed by atoms with Crippen molar-refractivity contribution >= 4 is 17.5 Å². The lowest BCUT2D eigenvalue weighted by molar-refractivity contribution is -0.119. The number of benzene rings is 3. The fraction of sp³-hybridized carbons (Fsp3) is 0.0769. The van der Waals surface area contributed by atoms with E-state index >= 15 is 0 Å². The molecule has 4 rings (SSSR count). The average Bonchev–Trinajstić information content (AvgIpc) is 3.33. The number of amides is 2. The van der Waals surface area contributed by atoms with E-state index in [1.165, 1.54) is 11.9 Å². The van der Waals surface area contributed by atoms with Gasteiger partial charge in [-0.25, -0.2) is 9.67 Å². The zero-order chi connectivity index (χ0) is 23.2.